The fourth-order valence-corrected chi connectivity index (χ4v) is 17.1. The SMILES string of the molecule is Cc1cc2c3c(c1)c1cc(C)cc4c1n3-c1c(ccc3c1B2c1c2ccccc2cc2c(-c5ccc6c(c5)C(C)(C)CCC6(C)C)c(-c5ccc6c(c5)C(C)(C)CCC6(C)C)n-3c12)C41c2ccccc2-c2ccccc21. The highest BCUT2D eigenvalue weighted by atomic mass is 15.1. The number of aryl methyl sites for hydroxylation is 2. The molecule has 3 aliphatic carbocycles. The highest BCUT2D eigenvalue weighted by molar-refractivity contribution is 7.01. The molecule has 0 fully saturated rings. The summed E-state index contributed by atoms with van der Waals surface area (Å²) < 4.78 is 5.59. The Morgan fingerprint density at radius 2 is 0.947 bits per heavy atom. The van der Waals surface area contributed by atoms with Crippen LogP contribution >= 0.6 is 0 Å². The lowest BCUT2D eigenvalue weighted by Crippen LogP contribution is -2.60. The van der Waals surface area contributed by atoms with Gasteiger partial charge >= 0.3 is 0 Å². The minimum atomic E-state index is -0.525. The third-order valence-electron chi connectivity index (χ3n) is 20.9. The summed E-state index contributed by atoms with van der Waals surface area (Å²) in [4.78, 5) is 0. The van der Waals surface area contributed by atoms with Crippen LogP contribution in [0.5, 0.6) is 0 Å². The van der Waals surface area contributed by atoms with Gasteiger partial charge in [-0.1, -0.05) is 188 Å². The second kappa shape index (κ2) is 13.8. The van der Waals surface area contributed by atoms with Crippen molar-refractivity contribution in [3.05, 3.63) is 207 Å². The van der Waals surface area contributed by atoms with Gasteiger partial charge < -0.3 is 9.13 Å². The molecule has 3 aliphatic heterocycles. The second-order valence-electron chi connectivity index (χ2n) is 27.0. The summed E-state index contributed by atoms with van der Waals surface area (Å²) in [6, 6.07) is 61.4. The summed E-state index contributed by atoms with van der Waals surface area (Å²) in [7, 11) is 0. The molecule has 0 saturated carbocycles. The highest BCUT2D eigenvalue weighted by Crippen LogP contribution is 2.62. The smallest absolute Gasteiger partial charge is 0.253 e. The van der Waals surface area contributed by atoms with Crippen LogP contribution in [0.2, 0.25) is 0 Å². The van der Waals surface area contributed by atoms with E-state index in [1.807, 2.05) is 0 Å². The Hall–Kier alpha value is -7.36. The first-order valence-corrected chi connectivity index (χ1v) is 28.4. The van der Waals surface area contributed by atoms with Gasteiger partial charge in [-0.3, -0.25) is 0 Å². The van der Waals surface area contributed by atoms with Crippen molar-refractivity contribution in [3.8, 4) is 44.9 Å². The minimum absolute atomic E-state index is 0.0148. The van der Waals surface area contributed by atoms with Gasteiger partial charge in [0.1, 0.15) is 0 Å². The fraction of sp³-hybridized carbons (Fsp3) is 0.260. The van der Waals surface area contributed by atoms with Crippen LogP contribution in [0.25, 0.3) is 88.4 Å². The van der Waals surface area contributed by atoms with E-state index >= 15 is 0 Å². The molecule has 0 N–H and O–H groups in total. The lowest BCUT2D eigenvalue weighted by atomic mass is 9.33. The van der Waals surface area contributed by atoms with Gasteiger partial charge in [-0.25, -0.2) is 0 Å². The molecule has 6 aliphatic rings. The molecule has 2 aromatic heterocycles. The van der Waals surface area contributed by atoms with E-state index in [2.05, 4.69) is 230 Å². The molecule has 17 rings (SSSR count). The predicted molar refractivity (Wildman–Crippen MR) is 322 cm³/mol. The van der Waals surface area contributed by atoms with Crippen LogP contribution in [0.1, 0.15) is 137 Å². The van der Waals surface area contributed by atoms with Gasteiger partial charge in [-0.15, -0.1) is 0 Å². The normalized spacial score (nSPS) is 18.4. The van der Waals surface area contributed by atoms with Crippen molar-refractivity contribution in [2.75, 3.05) is 0 Å². The van der Waals surface area contributed by atoms with Crippen LogP contribution in [0.3, 0.4) is 0 Å². The standard InChI is InChI=1S/C73H63BN2/c1-40-33-48-49-34-41(2)36-59-66(49)76-65(48)58(35-40)73(51-21-15-13-19-46(51)47-20-14-16-22-52(47)73)55-27-28-60-63(68(55)76)74(59)62-45-18-12-11-17-42(45)37-50-61(43-23-25-53-56(38-43)71(7,8)31-29-69(53,3)4)64(75(60)67(50)62)44-24-26-54-57(39-44)72(9,10)32-30-70(54,5)6/h11-28,33-39H,29-32H2,1-10H3. The van der Waals surface area contributed by atoms with Crippen molar-refractivity contribution < 1.29 is 0 Å². The summed E-state index contributed by atoms with van der Waals surface area (Å²) in [5.41, 5.74) is 33.0. The maximum atomic E-state index is 2.81. The number of aromatic nitrogens is 2. The molecule has 368 valence electrons. The van der Waals surface area contributed by atoms with Gasteiger partial charge in [0.15, 0.2) is 0 Å². The van der Waals surface area contributed by atoms with E-state index in [4.69, 9.17) is 0 Å². The summed E-state index contributed by atoms with van der Waals surface area (Å²) >= 11 is 0. The quantitative estimate of drug-likeness (QED) is 0.153. The maximum Gasteiger partial charge on any atom is 0.253 e. The third kappa shape index (κ3) is 5.04. The molecule has 1 spiro atoms. The highest BCUT2D eigenvalue weighted by Gasteiger charge is 2.55. The molecule has 2 nitrogen and oxygen atoms in total. The zero-order chi connectivity index (χ0) is 51.5. The molecule has 5 heterocycles. The molecule has 11 aromatic rings. The molecule has 0 amide bonds. The molecule has 9 aromatic carbocycles. The average Bonchev–Trinajstić information content (AvgIpc) is 3.95. The number of rotatable bonds is 2. The minimum Gasteiger partial charge on any atom is -0.310 e. The van der Waals surface area contributed by atoms with E-state index in [1.54, 1.807) is 0 Å². The van der Waals surface area contributed by atoms with Gasteiger partial charge in [0, 0.05) is 38.6 Å². The Bertz CT molecular complexity index is 4510. The Balaban J connectivity index is 1.10. The monoisotopic (exact) mass is 979 g/mol. The first-order chi connectivity index (χ1) is 36.5. The van der Waals surface area contributed by atoms with Crippen molar-refractivity contribution in [1.29, 1.82) is 0 Å². The molecule has 0 saturated heterocycles. The van der Waals surface area contributed by atoms with Crippen LogP contribution < -0.4 is 16.4 Å². The third-order valence-corrected chi connectivity index (χ3v) is 20.9. The molecule has 0 atom stereocenters. The topological polar surface area (TPSA) is 9.86 Å². The van der Waals surface area contributed by atoms with Gasteiger partial charge in [-0.05, 0) is 185 Å². The molecule has 0 radical (unpaired) electrons. The Labute approximate surface area is 447 Å². The van der Waals surface area contributed by atoms with Crippen LogP contribution in [-0.4, -0.2) is 15.8 Å². The van der Waals surface area contributed by atoms with Gasteiger partial charge in [-0.2, -0.15) is 0 Å². The summed E-state index contributed by atoms with van der Waals surface area (Å²) in [6.07, 6.45) is 4.73. The molecular formula is C73H63BN2. The molecule has 0 bridgehead atoms. The van der Waals surface area contributed by atoms with Gasteiger partial charge in [0.25, 0.3) is 6.71 Å². The Morgan fingerprint density at radius 1 is 0.395 bits per heavy atom. The second-order valence-corrected chi connectivity index (χ2v) is 27.0. The van der Waals surface area contributed by atoms with E-state index in [1.165, 1.54) is 186 Å². The summed E-state index contributed by atoms with van der Waals surface area (Å²) in [5, 5.41) is 6.73. The van der Waals surface area contributed by atoms with Gasteiger partial charge in [0.2, 0.25) is 0 Å². The zero-order valence-corrected chi connectivity index (χ0v) is 45.7. The zero-order valence-electron chi connectivity index (χ0n) is 45.7. The van der Waals surface area contributed by atoms with Crippen molar-refractivity contribution in [2.24, 2.45) is 0 Å². The molecule has 0 unspecified atom stereocenters. The van der Waals surface area contributed by atoms with Crippen LogP contribution in [0.15, 0.2) is 152 Å². The molecule has 3 heteroatoms. The van der Waals surface area contributed by atoms with Crippen molar-refractivity contribution in [2.45, 2.75) is 122 Å². The van der Waals surface area contributed by atoms with Crippen molar-refractivity contribution in [1.82, 2.24) is 9.13 Å². The van der Waals surface area contributed by atoms with E-state index in [0.717, 1.165) is 0 Å². The number of hydrogen-bond acceptors (Lipinski definition) is 0. The fourth-order valence-electron chi connectivity index (χ4n) is 17.1. The van der Waals surface area contributed by atoms with Crippen LogP contribution in [0.4, 0.5) is 0 Å². The van der Waals surface area contributed by atoms with Crippen molar-refractivity contribution >= 4 is 66.6 Å². The number of benzene rings is 9. The van der Waals surface area contributed by atoms with E-state index in [-0.39, 0.29) is 28.4 Å². The largest absolute Gasteiger partial charge is 0.310 e. The lowest BCUT2D eigenvalue weighted by molar-refractivity contribution is 0.332. The predicted octanol–water partition coefficient (Wildman–Crippen LogP) is 16.3. The summed E-state index contributed by atoms with van der Waals surface area (Å²) in [5.74, 6) is 0. The lowest BCUT2D eigenvalue weighted by Gasteiger charge is -2.44. The maximum absolute atomic E-state index is 2.81. The van der Waals surface area contributed by atoms with Crippen LogP contribution in [-0.2, 0) is 27.1 Å². The van der Waals surface area contributed by atoms with E-state index < -0.39 is 5.41 Å². The van der Waals surface area contributed by atoms with E-state index in [9.17, 15) is 0 Å². The van der Waals surface area contributed by atoms with Crippen LogP contribution in [0, 0.1) is 13.8 Å². The Morgan fingerprint density at radius 3 is 1.62 bits per heavy atom. The molecule has 76 heavy (non-hydrogen) atoms. The molecular weight excluding hydrogens is 916 g/mol. The number of nitrogens with zero attached hydrogens (tertiary/aromatic N) is 2. The number of hydrogen-bond donors (Lipinski definition) is 0. The first-order valence-electron chi connectivity index (χ1n) is 28.4. The van der Waals surface area contributed by atoms with Crippen molar-refractivity contribution in [3.63, 3.8) is 0 Å². The number of fused-ring (bicyclic) bond motifs is 15. The van der Waals surface area contributed by atoms with E-state index in [0.29, 0.717) is 0 Å². The Kier molecular flexibility index (Phi) is 7.95. The average molecular weight is 979 g/mol. The summed E-state index contributed by atoms with van der Waals surface area (Å²) in [6.45, 7) is 24.5. The first kappa shape index (κ1) is 43.8. The van der Waals surface area contributed by atoms with Gasteiger partial charge in [0.05, 0.1) is 22.1 Å².